The van der Waals surface area contributed by atoms with Gasteiger partial charge in [0.1, 0.15) is 23.3 Å². The fraction of sp³-hybridized carbons (Fsp3) is 0.529. The van der Waals surface area contributed by atoms with Crippen molar-refractivity contribution in [2.75, 3.05) is 13.1 Å². The predicted molar refractivity (Wildman–Crippen MR) is 95.5 cm³/mol. The molecule has 0 N–H and O–H groups in total. The van der Waals surface area contributed by atoms with Gasteiger partial charge in [0.2, 0.25) is 5.91 Å². The second-order valence-electron chi connectivity index (χ2n) is 6.76. The van der Waals surface area contributed by atoms with Crippen molar-refractivity contribution in [1.82, 2.24) is 29.0 Å². The second-order valence-corrected chi connectivity index (χ2v) is 7.66. The number of likely N-dealkylation sites (tertiary alicyclic amines) is 1. The van der Waals surface area contributed by atoms with E-state index in [0.29, 0.717) is 12.5 Å². The van der Waals surface area contributed by atoms with E-state index < -0.39 is 0 Å². The molecule has 0 spiro atoms. The van der Waals surface area contributed by atoms with Gasteiger partial charge in [-0.25, -0.2) is 9.97 Å². The first-order chi connectivity index (χ1) is 12.1. The third-order valence-electron chi connectivity index (χ3n) is 4.93. The minimum atomic E-state index is -0.106. The Morgan fingerprint density at radius 2 is 2.36 bits per heavy atom. The standard InChI is InChI=1S/C17H22N6OS/c1-12(8-22-11-18-10-19-22)16(24)21-5-3-4-14(9-21)15-17-23(6-7-25-17)13(2)20-15/h6-7,10-12,14H,3-5,8-9H2,1-2H3/t12-,14+/m1/s1. The molecular formula is C17H22N6OS. The Morgan fingerprint density at radius 3 is 3.16 bits per heavy atom. The van der Waals surface area contributed by atoms with Crippen molar-refractivity contribution in [2.45, 2.75) is 39.2 Å². The molecule has 7 nitrogen and oxygen atoms in total. The van der Waals surface area contributed by atoms with Crippen LogP contribution in [0.4, 0.5) is 0 Å². The lowest BCUT2D eigenvalue weighted by molar-refractivity contribution is -0.136. The molecule has 0 saturated carbocycles. The molecule has 1 fully saturated rings. The van der Waals surface area contributed by atoms with Gasteiger partial charge in [-0.05, 0) is 19.8 Å². The van der Waals surface area contributed by atoms with Gasteiger partial charge in [0.25, 0.3) is 0 Å². The van der Waals surface area contributed by atoms with E-state index in [1.165, 1.54) is 11.2 Å². The summed E-state index contributed by atoms with van der Waals surface area (Å²) in [6, 6.07) is 0. The molecule has 132 valence electrons. The highest BCUT2D eigenvalue weighted by atomic mass is 32.1. The summed E-state index contributed by atoms with van der Waals surface area (Å²) in [7, 11) is 0. The molecule has 1 amide bonds. The zero-order valence-electron chi connectivity index (χ0n) is 14.5. The molecule has 2 atom stereocenters. The van der Waals surface area contributed by atoms with E-state index in [4.69, 9.17) is 4.98 Å². The Labute approximate surface area is 150 Å². The molecule has 0 radical (unpaired) electrons. The molecule has 0 aliphatic carbocycles. The summed E-state index contributed by atoms with van der Waals surface area (Å²) in [6.07, 6.45) is 7.34. The number of aromatic nitrogens is 5. The smallest absolute Gasteiger partial charge is 0.227 e. The van der Waals surface area contributed by atoms with Crippen molar-refractivity contribution in [3.05, 3.63) is 35.7 Å². The van der Waals surface area contributed by atoms with Crippen molar-refractivity contribution < 1.29 is 4.79 Å². The third-order valence-corrected chi connectivity index (χ3v) is 5.81. The van der Waals surface area contributed by atoms with Crippen molar-refractivity contribution >= 4 is 22.1 Å². The molecule has 0 bridgehead atoms. The van der Waals surface area contributed by atoms with Crippen molar-refractivity contribution in [1.29, 1.82) is 0 Å². The maximum atomic E-state index is 12.9. The first-order valence-corrected chi connectivity index (χ1v) is 9.54. The van der Waals surface area contributed by atoms with E-state index in [1.807, 2.05) is 18.7 Å². The molecule has 4 heterocycles. The van der Waals surface area contributed by atoms with E-state index in [0.717, 1.165) is 37.4 Å². The SMILES string of the molecule is Cc1nc([C@H]2CCCN(C(=O)[C@H](C)Cn3cncn3)C2)c2sccn12. The summed E-state index contributed by atoms with van der Waals surface area (Å²) in [5.41, 5.74) is 1.15. The van der Waals surface area contributed by atoms with Crippen LogP contribution in [0.1, 0.15) is 37.2 Å². The van der Waals surface area contributed by atoms with Gasteiger partial charge in [0.05, 0.1) is 18.2 Å². The van der Waals surface area contributed by atoms with Crippen LogP contribution in [0.15, 0.2) is 24.2 Å². The molecular weight excluding hydrogens is 336 g/mol. The number of carbonyl (C=O) groups is 1. The zero-order valence-corrected chi connectivity index (χ0v) is 15.3. The number of rotatable bonds is 4. The number of carbonyl (C=O) groups excluding carboxylic acids is 1. The van der Waals surface area contributed by atoms with Gasteiger partial charge in [0.15, 0.2) is 0 Å². The van der Waals surface area contributed by atoms with Crippen LogP contribution in [0.5, 0.6) is 0 Å². The Kier molecular flexibility index (Phi) is 4.29. The first kappa shape index (κ1) is 16.3. The molecule has 1 saturated heterocycles. The van der Waals surface area contributed by atoms with Crippen LogP contribution in [0.25, 0.3) is 4.83 Å². The average molecular weight is 358 g/mol. The van der Waals surface area contributed by atoms with Crippen LogP contribution >= 0.6 is 11.3 Å². The Bertz CT molecular complexity index is 867. The Hall–Kier alpha value is -2.22. The highest BCUT2D eigenvalue weighted by Crippen LogP contribution is 2.32. The number of hydrogen-bond donors (Lipinski definition) is 0. The van der Waals surface area contributed by atoms with Gasteiger partial charge in [-0.15, -0.1) is 11.3 Å². The maximum Gasteiger partial charge on any atom is 0.227 e. The monoisotopic (exact) mass is 358 g/mol. The fourth-order valence-corrected chi connectivity index (χ4v) is 4.61. The number of imidazole rings is 1. The molecule has 3 aromatic heterocycles. The summed E-state index contributed by atoms with van der Waals surface area (Å²) in [6.45, 7) is 6.15. The van der Waals surface area contributed by atoms with E-state index in [-0.39, 0.29) is 11.8 Å². The van der Waals surface area contributed by atoms with Crippen LogP contribution in [-0.2, 0) is 11.3 Å². The van der Waals surface area contributed by atoms with Crippen LogP contribution < -0.4 is 0 Å². The molecule has 1 aliphatic rings. The van der Waals surface area contributed by atoms with Crippen molar-refractivity contribution in [3.8, 4) is 0 Å². The van der Waals surface area contributed by atoms with Crippen molar-refractivity contribution in [2.24, 2.45) is 5.92 Å². The molecule has 0 aromatic carbocycles. The van der Waals surface area contributed by atoms with Gasteiger partial charge in [-0.3, -0.25) is 13.9 Å². The van der Waals surface area contributed by atoms with E-state index in [9.17, 15) is 4.79 Å². The van der Waals surface area contributed by atoms with Gasteiger partial charge in [-0.1, -0.05) is 6.92 Å². The summed E-state index contributed by atoms with van der Waals surface area (Å²) >= 11 is 1.73. The van der Waals surface area contributed by atoms with Gasteiger partial charge < -0.3 is 4.90 Å². The van der Waals surface area contributed by atoms with E-state index in [2.05, 4.69) is 26.1 Å². The number of nitrogens with zero attached hydrogens (tertiary/aromatic N) is 6. The summed E-state index contributed by atoms with van der Waals surface area (Å²) in [5.74, 6) is 1.43. The molecule has 25 heavy (non-hydrogen) atoms. The number of aryl methyl sites for hydroxylation is 1. The highest BCUT2D eigenvalue weighted by molar-refractivity contribution is 7.15. The second kappa shape index (κ2) is 6.59. The quantitative estimate of drug-likeness (QED) is 0.718. The number of hydrogen-bond acceptors (Lipinski definition) is 5. The topological polar surface area (TPSA) is 68.3 Å². The van der Waals surface area contributed by atoms with E-state index >= 15 is 0 Å². The molecule has 8 heteroatoms. The lowest BCUT2D eigenvalue weighted by Crippen LogP contribution is -2.42. The number of amides is 1. The normalized spacial score (nSPS) is 19.4. The third kappa shape index (κ3) is 3.06. The van der Waals surface area contributed by atoms with E-state index in [1.54, 1.807) is 22.3 Å². The molecule has 1 aliphatic heterocycles. The number of fused-ring (bicyclic) bond motifs is 1. The summed E-state index contributed by atoms with van der Waals surface area (Å²) < 4.78 is 3.87. The summed E-state index contributed by atoms with van der Waals surface area (Å²) in [4.78, 5) is 24.8. The molecule has 4 rings (SSSR count). The van der Waals surface area contributed by atoms with Gasteiger partial charge in [-0.2, -0.15) is 5.10 Å². The Morgan fingerprint density at radius 1 is 1.48 bits per heavy atom. The minimum Gasteiger partial charge on any atom is -0.342 e. The van der Waals surface area contributed by atoms with Crippen LogP contribution in [0, 0.1) is 12.8 Å². The molecule has 3 aromatic rings. The fourth-order valence-electron chi connectivity index (χ4n) is 3.66. The first-order valence-electron chi connectivity index (χ1n) is 8.66. The largest absolute Gasteiger partial charge is 0.342 e. The average Bonchev–Trinajstić information content (AvgIpc) is 3.34. The van der Waals surface area contributed by atoms with Gasteiger partial charge >= 0.3 is 0 Å². The maximum absolute atomic E-state index is 12.9. The van der Waals surface area contributed by atoms with Crippen LogP contribution in [-0.4, -0.2) is 48.0 Å². The minimum absolute atomic E-state index is 0.106. The lowest BCUT2D eigenvalue weighted by Gasteiger charge is -2.33. The number of thiazole rings is 1. The summed E-state index contributed by atoms with van der Waals surface area (Å²) in [5, 5.41) is 6.20. The van der Waals surface area contributed by atoms with Crippen LogP contribution in [0.3, 0.4) is 0 Å². The highest BCUT2D eigenvalue weighted by Gasteiger charge is 2.30. The molecule has 0 unspecified atom stereocenters. The lowest BCUT2D eigenvalue weighted by atomic mass is 9.94. The zero-order chi connectivity index (χ0) is 17.4. The Balaban J connectivity index is 1.49. The predicted octanol–water partition coefficient (Wildman–Crippen LogP) is 2.34. The van der Waals surface area contributed by atoms with Crippen molar-refractivity contribution in [3.63, 3.8) is 0 Å². The van der Waals surface area contributed by atoms with Crippen LogP contribution in [0.2, 0.25) is 0 Å². The number of piperidine rings is 1. The van der Waals surface area contributed by atoms with Gasteiger partial charge in [0, 0.05) is 30.6 Å².